The van der Waals surface area contributed by atoms with Gasteiger partial charge >= 0.3 is 0 Å². The van der Waals surface area contributed by atoms with Crippen molar-refractivity contribution >= 4 is 12.4 Å². The summed E-state index contributed by atoms with van der Waals surface area (Å²) < 4.78 is 0. The highest BCUT2D eigenvalue weighted by molar-refractivity contribution is 5.85. The zero-order chi connectivity index (χ0) is 13.0. The molecular weight excluding hydrogens is 258 g/mol. The minimum atomic E-state index is -0.524. The average Bonchev–Trinajstić information content (AvgIpc) is 2.40. The summed E-state index contributed by atoms with van der Waals surface area (Å²) in [4.78, 5) is 2.05. The first-order valence-electron chi connectivity index (χ1n) is 6.14. The second-order valence-electron chi connectivity index (χ2n) is 4.67. The summed E-state index contributed by atoms with van der Waals surface area (Å²) >= 11 is 0. The molecule has 0 saturated carbocycles. The molecule has 0 amide bonds. The molecule has 0 aliphatic heterocycles. The predicted octanol–water partition coefficient (Wildman–Crippen LogP) is 3.44. The SMILES string of the molecule is CN(C)C(c1ccccc1)C(O)c1ccccc1.Cl. The molecule has 2 aromatic carbocycles. The molecule has 2 unspecified atom stereocenters. The Balaban J connectivity index is 0.00000180. The first kappa shape index (κ1) is 15.7. The third-order valence-electron chi connectivity index (χ3n) is 3.14. The van der Waals surface area contributed by atoms with Crippen molar-refractivity contribution in [2.24, 2.45) is 0 Å². The van der Waals surface area contributed by atoms with Crippen LogP contribution in [-0.4, -0.2) is 24.1 Å². The highest BCUT2D eigenvalue weighted by atomic mass is 35.5. The Morgan fingerprint density at radius 1 is 0.789 bits per heavy atom. The summed E-state index contributed by atoms with van der Waals surface area (Å²) in [6, 6.07) is 19.9. The van der Waals surface area contributed by atoms with E-state index in [-0.39, 0.29) is 18.4 Å². The molecule has 0 fully saturated rings. The lowest BCUT2D eigenvalue weighted by molar-refractivity contribution is 0.0754. The zero-order valence-corrected chi connectivity index (χ0v) is 12.0. The molecule has 19 heavy (non-hydrogen) atoms. The number of aliphatic hydroxyl groups is 1. The normalized spacial score (nSPS) is 13.7. The Morgan fingerprint density at radius 3 is 1.63 bits per heavy atom. The van der Waals surface area contributed by atoms with E-state index in [0.29, 0.717) is 0 Å². The number of benzene rings is 2. The molecule has 0 aromatic heterocycles. The minimum Gasteiger partial charge on any atom is -0.386 e. The molecule has 1 N–H and O–H groups in total. The molecule has 0 radical (unpaired) electrons. The zero-order valence-electron chi connectivity index (χ0n) is 11.2. The number of nitrogens with zero attached hydrogens (tertiary/aromatic N) is 1. The Bertz CT molecular complexity index is 473. The molecule has 2 nitrogen and oxygen atoms in total. The highest BCUT2D eigenvalue weighted by Gasteiger charge is 2.24. The van der Waals surface area contributed by atoms with Crippen LogP contribution in [0.2, 0.25) is 0 Å². The summed E-state index contributed by atoms with van der Waals surface area (Å²) in [5.74, 6) is 0. The van der Waals surface area contributed by atoms with Gasteiger partial charge in [-0.25, -0.2) is 0 Å². The van der Waals surface area contributed by atoms with E-state index in [1.807, 2.05) is 67.5 Å². The molecule has 102 valence electrons. The molecule has 2 rings (SSSR count). The highest BCUT2D eigenvalue weighted by Crippen LogP contribution is 2.32. The Kier molecular flexibility index (Phi) is 6.03. The number of likely N-dealkylation sites (N-methyl/N-ethyl adjacent to an activating group) is 1. The van der Waals surface area contributed by atoms with Crippen LogP contribution in [0.3, 0.4) is 0 Å². The van der Waals surface area contributed by atoms with Gasteiger partial charge in [0, 0.05) is 0 Å². The fourth-order valence-electron chi connectivity index (χ4n) is 2.25. The van der Waals surface area contributed by atoms with Gasteiger partial charge in [0.1, 0.15) is 0 Å². The first-order valence-corrected chi connectivity index (χ1v) is 6.14. The molecule has 0 heterocycles. The fraction of sp³-hybridized carbons (Fsp3) is 0.250. The van der Waals surface area contributed by atoms with E-state index in [2.05, 4.69) is 12.1 Å². The van der Waals surface area contributed by atoms with Crippen molar-refractivity contribution < 1.29 is 5.11 Å². The van der Waals surface area contributed by atoms with E-state index >= 15 is 0 Å². The van der Waals surface area contributed by atoms with Gasteiger partial charge in [-0.3, -0.25) is 4.90 Å². The van der Waals surface area contributed by atoms with E-state index in [9.17, 15) is 5.11 Å². The molecule has 0 bridgehead atoms. The minimum absolute atomic E-state index is 0. The maximum absolute atomic E-state index is 10.6. The second kappa shape index (κ2) is 7.29. The first-order chi connectivity index (χ1) is 8.70. The van der Waals surface area contributed by atoms with Gasteiger partial charge in [0.25, 0.3) is 0 Å². The van der Waals surface area contributed by atoms with Gasteiger partial charge in [-0.05, 0) is 25.2 Å². The number of rotatable bonds is 4. The molecule has 0 spiro atoms. The Hall–Kier alpha value is -1.35. The van der Waals surface area contributed by atoms with E-state index in [1.165, 1.54) is 0 Å². The van der Waals surface area contributed by atoms with Crippen molar-refractivity contribution in [3.8, 4) is 0 Å². The summed E-state index contributed by atoms with van der Waals surface area (Å²) in [5.41, 5.74) is 2.07. The quantitative estimate of drug-likeness (QED) is 0.925. The Morgan fingerprint density at radius 2 is 1.21 bits per heavy atom. The maximum atomic E-state index is 10.6. The van der Waals surface area contributed by atoms with Crippen molar-refractivity contribution in [2.45, 2.75) is 12.1 Å². The lowest BCUT2D eigenvalue weighted by Gasteiger charge is -2.29. The summed E-state index contributed by atoms with van der Waals surface area (Å²) in [5, 5.41) is 10.6. The van der Waals surface area contributed by atoms with E-state index in [0.717, 1.165) is 11.1 Å². The molecule has 0 saturated heterocycles. The largest absolute Gasteiger partial charge is 0.386 e. The Labute approximate surface area is 121 Å². The molecule has 0 aliphatic carbocycles. The van der Waals surface area contributed by atoms with Gasteiger partial charge in [0.2, 0.25) is 0 Å². The molecule has 2 aromatic rings. The maximum Gasteiger partial charge on any atom is 0.0986 e. The van der Waals surface area contributed by atoms with Crippen LogP contribution in [0.5, 0.6) is 0 Å². The number of halogens is 1. The lowest BCUT2D eigenvalue weighted by Crippen LogP contribution is -2.26. The third-order valence-corrected chi connectivity index (χ3v) is 3.14. The molecular formula is C16H20ClNO. The number of aliphatic hydroxyl groups excluding tert-OH is 1. The number of hydrogen-bond acceptors (Lipinski definition) is 2. The van der Waals surface area contributed by atoms with Crippen LogP contribution in [-0.2, 0) is 0 Å². The van der Waals surface area contributed by atoms with Crippen molar-refractivity contribution in [2.75, 3.05) is 14.1 Å². The van der Waals surface area contributed by atoms with E-state index in [1.54, 1.807) is 0 Å². The smallest absolute Gasteiger partial charge is 0.0986 e. The second-order valence-corrected chi connectivity index (χ2v) is 4.67. The van der Waals surface area contributed by atoms with E-state index < -0.39 is 6.10 Å². The van der Waals surface area contributed by atoms with Gasteiger partial charge < -0.3 is 5.11 Å². The predicted molar refractivity (Wildman–Crippen MR) is 81.5 cm³/mol. The van der Waals surface area contributed by atoms with Crippen molar-refractivity contribution in [3.63, 3.8) is 0 Å². The molecule has 0 aliphatic rings. The van der Waals surface area contributed by atoms with Crippen LogP contribution in [0, 0.1) is 0 Å². The van der Waals surface area contributed by atoms with Crippen molar-refractivity contribution in [3.05, 3.63) is 71.8 Å². The molecule has 2 atom stereocenters. The monoisotopic (exact) mass is 277 g/mol. The van der Waals surface area contributed by atoms with Gasteiger partial charge in [-0.15, -0.1) is 12.4 Å². The molecule has 3 heteroatoms. The van der Waals surface area contributed by atoms with Crippen LogP contribution >= 0.6 is 12.4 Å². The van der Waals surface area contributed by atoms with Crippen molar-refractivity contribution in [1.29, 1.82) is 0 Å². The topological polar surface area (TPSA) is 23.5 Å². The van der Waals surface area contributed by atoms with Gasteiger partial charge in [0.15, 0.2) is 0 Å². The van der Waals surface area contributed by atoms with Crippen LogP contribution in [0.4, 0.5) is 0 Å². The third kappa shape index (κ3) is 3.80. The fourth-order valence-corrected chi connectivity index (χ4v) is 2.25. The van der Waals surface area contributed by atoms with Crippen LogP contribution in [0.1, 0.15) is 23.3 Å². The lowest BCUT2D eigenvalue weighted by atomic mass is 9.95. The van der Waals surface area contributed by atoms with Crippen LogP contribution < -0.4 is 0 Å². The van der Waals surface area contributed by atoms with Crippen molar-refractivity contribution in [1.82, 2.24) is 4.90 Å². The van der Waals surface area contributed by atoms with Gasteiger partial charge in [-0.1, -0.05) is 60.7 Å². The van der Waals surface area contributed by atoms with Crippen LogP contribution in [0.25, 0.3) is 0 Å². The summed E-state index contributed by atoms with van der Waals surface area (Å²) in [6.07, 6.45) is -0.524. The van der Waals surface area contributed by atoms with Gasteiger partial charge in [0.05, 0.1) is 12.1 Å². The van der Waals surface area contributed by atoms with E-state index in [4.69, 9.17) is 0 Å². The number of hydrogen-bond donors (Lipinski definition) is 1. The van der Waals surface area contributed by atoms with Crippen LogP contribution in [0.15, 0.2) is 60.7 Å². The average molecular weight is 278 g/mol. The standard InChI is InChI=1S/C16H19NO.ClH/c1-17(2)15(13-9-5-3-6-10-13)16(18)14-11-7-4-8-12-14;/h3-12,15-16,18H,1-2H3;1H. The summed E-state index contributed by atoms with van der Waals surface area (Å²) in [7, 11) is 3.98. The summed E-state index contributed by atoms with van der Waals surface area (Å²) in [6.45, 7) is 0. The van der Waals surface area contributed by atoms with Gasteiger partial charge in [-0.2, -0.15) is 0 Å².